The molecule has 2 atom stereocenters. The lowest BCUT2D eigenvalue weighted by atomic mass is 10.0. The zero-order valence-electron chi connectivity index (χ0n) is 12.6. The van der Waals surface area contributed by atoms with Gasteiger partial charge in [0.05, 0.1) is 17.5 Å². The molecule has 1 heterocycles. The third-order valence-corrected chi connectivity index (χ3v) is 5.86. The Kier molecular flexibility index (Phi) is 5.04. The van der Waals surface area contributed by atoms with Crippen molar-refractivity contribution >= 4 is 15.7 Å². The predicted molar refractivity (Wildman–Crippen MR) is 83.7 cm³/mol. The maximum atomic E-state index is 12.1. The van der Waals surface area contributed by atoms with Crippen molar-refractivity contribution < 1.29 is 13.2 Å². The van der Waals surface area contributed by atoms with Crippen molar-refractivity contribution in [1.29, 1.82) is 0 Å². The van der Waals surface area contributed by atoms with Gasteiger partial charge in [-0.1, -0.05) is 36.8 Å². The van der Waals surface area contributed by atoms with E-state index in [2.05, 4.69) is 5.32 Å². The van der Waals surface area contributed by atoms with Crippen molar-refractivity contribution in [1.82, 2.24) is 5.32 Å². The summed E-state index contributed by atoms with van der Waals surface area (Å²) < 4.78 is 22.8. The average Bonchev–Trinajstić information content (AvgIpc) is 2.76. The Morgan fingerprint density at radius 1 is 1.33 bits per heavy atom. The van der Waals surface area contributed by atoms with Gasteiger partial charge in [0.1, 0.15) is 0 Å². The van der Waals surface area contributed by atoms with E-state index in [1.165, 1.54) is 5.56 Å². The largest absolute Gasteiger partial charge is 0.349 e. The molecule has 1 aromatic carbocycles. The number of carbonyl (C=O) groups excluding carboxylic acids is 1. The first kappa shape index (κ1) is 16.0. The molecule has 0 aliphatic carbocycles. The topological polar surface area (TPSA) is 63.2 Å². The molecule has 0 radical (unpaired) electrons. The molecule has 116 valence electrons. The molecule has 1 saturated heterocycles. The van der Waals surface area contributed by atoms with E-state index in [0.29, 0.717) is 12.8 Å². The number of hydrogen-bond acceptors (Lipinski definition) is 3. The molecule has 1 N–H and O–H groups in total. The summed E-state index contributed by atoms with van der Waals surface area (Å²) in [6.45, 7) is 4.06. The molecule has 1 fully saturated rings. The Balaban J connectivity index is 1.92. The fourth-order valence-electron chi connectivity index (χ4n) is 2.77. The van der Waals surface area contributed by atoms with Crippen LogP contribution in [0.15, 0.2) is 24.3 Å². The third kappa shape index (κ3) is 4.56. The highest BCUT2D eigenvalue weighted by Gasteiger charge is 2.29. The molecule has 1 amide bonds. The SMILES string of the molecule is CCC(NC(=O)CC1CCS(=O)(=O)C1)c1ccc(C)cc1. The summed E-state index contributed by atoms with van der Waals surface area (Å²) >= 11 is 0. The summed E-state index contributed by atoms with van der Waals surface area (Å²) in [5.41, 5.74) is 2.28. The van der Waals surface area contributed by atoms with E-state index in [9.17, 15) is 13.2 Å². The van der Waals surface area contributed by atoms with E-state index < -0.39 is 9.84 Å². The summed E-state index contributed by atoms with van der Waals surface area (Å²) in [7, 11) is -2.91. The van der Waals surface area contributed by atoms with E-state index in [1.807, 2.05) is 38.1 Å². The van der Waals surface area contributed by atoms with Gasteiger partial charge in [-0.05, 0) is 31.2 Å². The van der Waals surface area contributed by atoms with Gasteiger partial charge in [0.25, 0.3) is 0 Å². The van der Waals surface area contributed by atoms with Crippen LogP contribution in [0, 0.1) is 12.8 Å². The van der Waals surface area contributed by atoms with Crippen LogP contribution in [0.1, 0.15) is 43.4 Å². The second-order valence-corrected chi connectivity index (χ2v) is 8.14. The number of rotatable bonds is 5. The Bertz CT molecular complexity index is 592. The maximum absolute atomic E-state index is 12.1. The Labute approximate surface area is 126 Å². The highest BCUT2D eigenvalue weighted by Crippen LogP contribution is 2.23. The highest BCUT2D eigenvalue weighted by atomic mass is 32.2. The summed E-state index contributed by atoms with van der Waals surface area (Å²) in [5.74, 6) is 0.303. The lowest BCUT2D eigenvalue weighted by Crippen LogP contribution is -2.30. The monoisotopic (exact) mass is 309 g/mol. The van der Waals surface area contributed by atoms with Gasteiger partial charge in [0.2, 0.25) is 5.91 Å². The normalized spacial score (nSPS) is 21.9. The molecular weight excluding hydrogens is 286 g/mol. The first-order valence-electron chi connectivity index (χ1n) is 7.46. The van der Waals surface area contributed by atoms with Crippen LogP contribution in [0.5, 0.6) is 0 Å². The molecule has 0 bridgehead atoms. The summed E-state index contributed by atoms with van der Waals surface area (Å²) in [5, 5.41) is 3.02. The summed E-state index contributed by atoms with van der Waals surface area (Å²) in [6.07, 6.45) is 1.73. The van der Waals surface area contributed by atoms with Crippen molar-refractivity contribution in [2.24, 2.45) is 5.92 Å². The first-order valence-corrected chi connectivity index (χ1v) is 9.28. The lowest BCUT2D eigenvalue weighted by molar-refractivity contribution is -0.122. The van der Waals surface area contributed by atoms with Gasteiger partial charge >= 0.3 is 0 Å². The Morgan fingerprint density at radius 2 is 2.00 bits per heavy atom. The number of carbonyl (C=O) groups is 1. The van der Waals surface area contributed by atoms with Crippen molar-refractivity contribution in [3.63, 3.8) is 0 Å². The van der Waals surface area contributed by atoms with E-state index in [1.54, 1.807) is 0 Å². The van der Waals surface area contributed by atoms with Gasteiger partial charge in [-0.15, -0.1) is 0 Å². The second kappa shape index (κ2) is 6.60. The molecule has 1 aliphatic heterocycles. The van der Waals surface area contributed by atoms with E-state index in [0.717, 1.165) is 12.0 Å². The van der Waals surface area contributed by atoms with E-state index in [4.69, 9.17) is 0 Å². The van der Waals surface area contributed by atoms with Crippen molar-refractivity contribution in [3.05, 3.63) is 35.4 Å². The Hall–Kier alpha value is -1.36. The lowest BCUT2D eigenvalue weighted by Gasteiger charge is -2.18. The molecule has 2 unspecified atom stereocenters. The number of nitrogens with one attached hydrogen (secondary N) is 1. The van der Waals surface area contributed by atoms with Crippen LogP contribution < -0.4 is 5.32 Å². The minimum atomic E-state index is -2.91. The van der Waals surface area contributed by atoms with Crippen LogP contribution >= 0.6 is 0 Å². The van der Waals surface area contributed by atoms with Crippen LogP contribution in [0.4, 0.5) is 0 Å². The van der Waals surface area contributed by atoms with Crippen molar-refractivity contribution in [2.75, 3.05) is 11.5 Å². The van der Waals surface area contributed by atoms with Gasteiger partial charge in [-0.3, -0.25) is 4.79 Å². The third-order valence-electron chi connectivity index (χ3n) is 4.02. The molecule has 2 rings (SSSR count). The molecule has 1 aliphatic rings. The molecule has 1 aromatic rings. The van der Waals surface area contributed by atoms with Gasteiger partial charge in [0, 0.05) is 6.42 Å². The average molecular weight is 309 g/mol. The summed E-state index contributed by atoms with van der Waals surface area (Å²) in [6, 6.07) is 8.13. The Morgan fingerprint density at radius 3 is 2.52 bits per heavy atom. The van der Waals surface area contributed by atoms with Crippen LogP contribution in [0.2, 0.25) is 0 Å². The van der Waals surface area contributed by atoms with Crippen LogP contribution in [0.25, 0.3) is 0 Å². The quantitative estimate of drug-likeness (QED) is 0.908. The van der Waals surface area contributed by atoms with Gasteiger partial charge in [-0.2, -0.15) is 0 Å². The fourth-order valence-corrected chi connectivity index (χ4v) is 4.63. The van der Waals surface area contributed by atoms with E-state index >= 15 is 0 Å². The van der Waals surface area contributed by atoms with Crippen LogP contribution in [-0.4, -0.2) is 25.8 Å². The number of benzene rings is 1. The number of amides is 1. The van der Waals surface area contributed by atoms with Crippen LogP contribution in [-0.2, 0) is 14.6 Å². The first-order chi connectivity index (χ1) is 9.89. The minimum absolute atomic E-state index is 0.00360. The maximum Gasteiger partial charge on any atom is 0.220 e. The van der Waals surface area contributed by atoms with E-state index in [-0.39, 0.29) is 29.4 Å². The zero-order valence-corrected chi connectivity index (χ0v) is 13.4. The molecular formula is C16H23NO3S. The van der Waals surface area contributed by atoms with Gasteiger partial charge in [0.15, 0.2) is 9.84 Å². The van der Waals surface area contributed by atoms with Gasteiger partial charge in [-0.25, -0.2) is 8.42 Å². The van der Waals surface area contributed by atoms with Gasteiger partial charge < -0.3 is 5.32 Å². The highest BCUT2D eigenvalue weighted by molar-refractivity contribution is 7.91. The molecule has 0 aromatic heterocycles. The number of sulfone groups is 1. The molecule has 21 heavy (non-hydrogen) atoms. The number of hydrogen-bond donors (Lipinski definition) is 1. The minimum Gasteiger partial charge on any atom is -0.349 e. The molecule has 4 nitrogen and oxygen atoms in total. The second-order valence-electron chi connectivity index (χ2n) is 5.91. The molecule has 5 heteroatoms. The standard InChI is InChI=1S/C16H23NO3S/c1-3-15(14-6-4-12(2)5-7-14)17-16(18)10-13-8-9-21(19,20)11-13/h4-7,13,15H,3,8-11H2,1-2H3,(H,17,18). The van der Waals surface area contributed by atoms with Crippen LogP contribution in [0.3, 0.4) is 0 Å². The molecule has 0 saturated carbocycles. The van der Waals surface area contributed by atoms with Crippen molar-refractivity contribution in [2.45, 2.75) is 39.2 Å². The molecule has 0 spiro atoms. The van der Waals surface area contributed by atoms with Crippen molar-refractivity contribution in [3.8, 4) is 0 Å². The fraction of sp³-hybridized carbons (Fsp3) is 0.562. The zero-order chi connectivity index (χ0) is 15.5. The number of aryl methyl sites for hydroxylation is 1. The summed E-state index contributed by atoms with van der Waals surface area (Å²) in [4.78, 5) is 12.1. The smallest absolute Gasteiger partial charge is 0.220 e. The predicted octanol–water partition coefficient (Wildman–Crippen LogP) is 2.39.